The van der Waals surface area contributed by atoms with E-state index in [0.717, 1.165) is 19.1 Å². The Kier molecular flexibility index (Phi) is 4.02. The van der Waals surface area contributed by atoms with Crippen LogP contribution in [0.3, 0.4) is 0 Å². The molecular weight excluding hydrogens is 174 g/mol. The predicted molar refractivity (Wildman–Crippen MR) is 58.3 cm³/mol. The second kappa shape index (κ2) is 5.52. The van der Waals surface area contributed by atoms with Gasteiger partial charge in [-0.25, -0.2) is 0 Å². The van der Waals surface area contributed by atoms with Crippen molar-refractivity contribution in [1.82, 2.24) is 5.32 Å². The highest BCUT2D eigenvalue weighted by atomic mass is 16.5. The summed E-state index contributed by atoms with van der Waals surface area (Å²) in [5.41, 5.74) is 0. The van der Waals surface area contributed by atoms with Gasteiger partial charge < -0.3 is 10.1 Å². The van der Waals surface area contributed by atoms with Crippen LogP contribution >= 0.6 is 0 Å². The monoisotopic (exact) mass is 195 g/mol. The van der Waals surface area contributed by atoms with Gasteiger partial charge in [0.05, 0.1) is 6.10 Å². The van der Waals surface area contributed by atoms with Crippen LogP contribution in [-0.4, -0.2) is 25.8 Å². The van der Waals surface area contributed by atoms with E-state index in [0.29, 0.717) is 6.10 Å². The second-order valence-corrected chi connectivity index (χ2v) is 4.44. The highest BCUT2D eigenvalue weighted by Crippen LogP contribution is 2.17. The first-order chi connectivity index (χ1) is 6.95. The Balaban J connectivity index is 1.55. The van der Waals surface area contributed by atoms with E-state index < -0.39 is 0 Å². The van der Waals surface area contributed by atoms with E-state index in [4.69, 9.17) is 4.74 Å². The standard InChI is InChI=1S/C12H21NO/c1-2-5-11(6-3-1)9-13-10-12-7-4-8-14-12/h1-2,11-13H,3-10H2. The molecule has 0 amide bonds. The molecule has 1 aliphatic carbocycles. The molecule has 1 saturated heterocycles. The molecule has 0 aromatic carbocycles. The van der Waals surface area contributed by atoms with Crippen LogP contribution in [0.15, 0.2) is 12.2 Å². The first kappa shape index (κ1) is 10.2. The lowest BCUT2D eigenvalue weighted by atomic mass is 9.94. The number of rotatable bonds is 4. The van der Waals surface area contributed by atoms with Crippen LogP contribution < -0.4 is 5.32 Å². The maximum absolute atomic E-state index is 5.57. The van der Waals surface area contributed by atoms with E-state index in [1.54, 1.807) is 0 Å². The lowest BCUT2D eigenvalue weighted by Crippen LogP contribution is -2.30. The van der Waals surface area contributed by atoms with Crippen molar-refractivity contribution in [2.24, 2.45) is 5.92 Å². The molecule has 2 atom stereocenters. The van der Waals surface area contributed by atoms with Gasteiger partial charge in [0.25, 0.3) is 0 Å². The molecule has 1 heterocycles. The Labute approximate surface area is 86.7 Å². The van der Waals surface area contributed by atoms with Gasteiger partial charge in [0.15, 0.2) is 0 Å². The zero-order chi connectivity index (χ0) is 9.64. The SMILES string of the molecule is C1=CCC(CNCC2CCCO2)CC1. The summed E-state index contributed by atoms with van der Waals surface area (Å²) in [5.74, 6) is 0.862. The summed E-state index contributed by atoms with van der Waals surface area (Å²) in [6.45, 7) is 3.20. The molecule has 2 nitrogen and oxygen atoms in total. The summed E-state index contributed by atoms with van der Waals surface area (Å²) in [6.07, 6.45) is 11.5. The molecule has 0 spiro atoms. The van der Waals surface area contributed by atoms with Crippen molar-refractivity contribution in [3.63, 3.8) is 0 Å². The van der Waals surface area contributed by atoms with Crippen molar-refractivity contribution in [2.45, 2.75) is 38.2 Å². The van der Waals surface area contributed by atoms with Crippen molar-refractivity contribution in [3.8, 4) is 0 Å². The Morgan fingerprint density at radius 3 is 2.93 bits per heavy atom. The highest BCUT2D eigenvalue weighted by Gasteiger charge is 2.15. The van der Waals surface area contributed by atoms with E-state index in [2.05, 4.69) is 17.5 Å². The van der Waals surface area contributed by atoms with Crippen molar-refractivity contribution < 1.29 is 4.74 Å². The topological polar surface area (TPSA) is 21.3 Å². The van der Waals surface area contributed by atoms with Crippen LogP contribution in [0.25, 0.3) is 0 Å². The summed E-state index contributed by atoms with van der Waals surface area (Å²) in [5, 5.41) is 3.54. The summed E-state index contributed by atoms with van der Waals surface area (Å²) < 4.78 is 5.57. The quantitative estimate of drug-likeness (QED) is 0.694. The molecule has 80 valence electrons. The molecule has 2 unspecified atom stereocenters. The van der Waals surface area contributed by atoms with E-state index in [1.165, 1.54) is 38.6 Å². The fraction of sp³-hybridized carbons (Fsp3) is 0.833. The zero-order valence-corrected chi connectivity index (χ0v) is 8.87. The van der Waals surface area contributed by atoms with Crippen molar-refractivity contribution in [2.75, 3.05) is 19.7 Å². The number of allylic oxidation sites excluding steroid dienone is 2. The zero-order valence-electron chi connectivity index (χ0n) is 8.87. The van der Waals surface area contributed by atoms with Gasteiger partial charge in [-0.1, -0.05) is 12.2 Å². The van der Waals surface area contributed by atoms with E-state index in [-0.39, 0.29) is 0 Å². The number of hydrogen-bond acceptors (Lipinski definition) is 2. The van der Waals surface area contributed by atoms with E-state index in [9.17, 15) is 0 Å². The largest absolute Gasteiger partial charge is 0.377 e. The first-order valence-corrected chi connectivity index (χ1v) is 5.92. The Hall–Kier alpha value is -0.340. The molecule has 0 saturated carbocycles. The fourth-order valence-corrected chi connectivity index (χ4v) is 2.30. The van der Waals surface area contributed by atoms with Crippen LogP contribution in [0.4, 0.5) is 0 Å². The third-order valence-electron chi connectivity index (χ3n) is 3.21. The number of hydrogen-bond donors (Lipinski definition) is 1. The molecule has 0 aromatic heterocycles. The van der Waals surface area contributed by atoms with Gasteiger partial charge in [0, 0.05) is 13.2 Å². The molecule has 2 aliphatic rings. The number of ether oxygens (including phenoxy) is 1. The van der Waals surface area contributed by atoms with E-state index >= 15 is 0 Å². The molecule has 0 radical (unpaired) electrons. The van der Waals surface area contributed by atoms with Crippen molar-refractivity contribution in [1.29, 1.82) is 0 Å². The Morgan fingerprint density at radius 2 is 2.21 bits per heavy atom. The van der Waals surface area contributed by atoms with Gasteiger partial charge in [-0.2, -0.15) is 0 Å². The van der Waals surface area contributed by atoms with Crippen LogP contribution in [-0.2, 0) is 4.74 Å². The lowest BCUT2D eigenvalue weighted by molar-refractivity contribution is 0.109. The normalized spacial score (nSPS) is 32.3. The van der Waals surface area contributed by atoms with Crippen LogP contribution in [0.5, 0.6) is 0 Å². The molecule has 1 fully saturated rings. The summed E-state index contributed by atoms with van der Waals surface area (Å²) in [7, 11) is 0. The van der Waals surface area contributed by atoms with Gasteiger partial charge in [-0.15, -0.1) is 0 Å². The highest BCUT2D eigenvalue weighted by molar-refractivity contribution is 4.90. The van der Waals surface area contributed by atoms with Gasteiger partial charge >= 0.3 is 0 Å². The van der Waals surface area contributed by atoms with Gasteiger partial charge in [0.2, 0.25) is 0 Å². The average Bonchev–Trinajstić information content (AvgIpc) is 2.72. The van der Waals surface area contributed by atoms with E-state index in [1.807, 2.05) is 0 Å². The fourth-order valence-electron chi connectivity index (χ4n) is 2.30. The Bertz CT molecular complexity index is 185. The van der Waals surface area contributed by atoms with Crippen LogP contribution in [0, 0.1) is 5.92 Å². The third kappa shape index (κ3) is 3.10. The molecule has 0 bridgehead atoms. The molecule has 1 aliphatic heterocycles. The minimum Gasteiger partial charge on any atom is -0.377 e. The maximum Gasteiger partial charge on any atom is 0.0700 e. The minimum atomic E-state index is 0.495. The van der Waals surface area contributed by atoms with Gasteiger partial charge in [0.1, 0.15) is 0 Å². The summed E-state index contributed by atoms with van der Waals surface area (Å²) in [4.78, 5) is 0. The van der Waals surface area contributed by atoms with Crippen LogP contribution in [0.1, 0.15) is 32.1 Å². The van der Waals surface area contributed by atoms with Gasteiger partial charge in [-0.05, 0) is 44.6 Å². The van der Waals surface area contributed by atoms with Crippen LogP contribution in [0.2, 0.25) is 0 Å². The second-order valence-electron chi connectivity index (χ2n) is 4.44. The van der Waals surface area contributed by atoms with Gasteiger partial charge in [-0.3, -0.25) is 0 Å². The minimum absolute atomic E-state index is 0.495. The molecule has 2 heteroatoms. The summed E-state index contributed by atoms with van der Waals surface area (Å²) >= 11 is 0. The molecule has 0 aromatic rings. The predicted octanol–water partition coefficient (Wildman–Crippen LogP) is 2.11. The first-order valence-electron chi connectivity index (χ1n) is 5.92. The summed E-state index contributed by atoms with van der Waals surface area (Å²) in [6, 6.07) is 0. The third-order valence-corrected chi connectivity index (χ3v) is 3.21. The lowest BCUT2D eigenvalue weighted by Gasteiger charge is -2.19. The molecule has 1 N–H and O–H groups in total. The average molecular weight is 195 g/mol. The molecule has 14 heavy (non-hydrogen) atoms. The smallest absolute Gasteiger partial charge is 0.0700 e. The van der Waals surface area contributed by atoms with Crippen molar-refractivity contribution in [3.05, 3.63) is 12.2 Å². The number of nitrogens with one attached hydrogen (secondary N) is 1. The molecular formula is C12H21NO. The molecule has 2 rings (SSSR count). The Morgan fingerprint density at radius 1 is 1.21 bits per heavy atom. The van der Waals surface area contributed by atoms with Crippen molar-refractivity contribution >= 4 is 0 Å². The maximum atomic E-state index is 5.57.